The molecule has 0 unspecified atom stereocenters. The molecule has 5 aromatic rings. The van der Waals surface area contributed by atoms with Crippen molar-refractivity contribution in [2.75, 3.05) is 11.9 Å². The molecule has 0 aliphatic carbocycles. The number of carbonyl (C=O) groups excluding carboxylic acids is 1. The Balaban J connectivity index is 1.35. The number of thiophene rings is 1. The minimum atomic E-state index is -0.300. The molecule has 0 atom stereocenters. The van der Waals surface area contributed by atoms with E-state index in [0.717, 1.165) is 32.6 Å². The van der Waals surface area contributed by atoms with Gasteiger partial charge in [0.15, 0.2) is 5.82 Å². The number of carbonyl (C=O) groups is 1. The molecule has 8 nitrogen and oxygen atoms in total. The van der Waals surface area contributed by atoms with Gasteiger partial charge >= 0.3 is 0 Å². The Morgan fingerprint density at radius 3 is 2.94 bits per heavy atom. The fourth-order valence-corrected chi connectivity index (χ4v) is 4.75. The molecule has 0 aliphatic heterocycles. The van der Waals surface area contributed by atoms with Crippen molar-refractivity contribution in [2.45, 2.75) is 13.0 Å². The maximum absolute atomic E-state index is 11.6. The Hall–Kier alpha value is -4.13. The molecule has 0 saturated carbocycles. The van der Waals surface area contributed by atoms with E-state index < -0.39 is 0 Å². The Kier molecular flexibility index (Phi) is 6.48. The zero-order valence-corrected chi connectivity index (χ0v) is 19.9. The van der Waals surface area contributed by atoms with Crippen molar-refractivity contribution in [1.29, 1.82) is 5.26 Å². The Labute approximate surface area is 209 Å². The number of fused-ring (bicyclic) bond motifs is 2. The van der Waals surface area contributed by atoms with E-state index in [4.69, 9.17) is 21.6 Å². The predicted molar refractivity (Wildman–Crippen MR) is 137 cm³/mol. The second-order valence-corrected chi connectivity index (χ2v) is 8.97. The van der Waals surface area contributed by atoms with Crippen LogP contribution in [0.25, 0.3) is 21.1 Å². The van der Waals surface area contributed by atoms with Crippen LogP contribution in [0.5, 0.6) is 11.5 Å². The molecule has 2 aromatic carbocycles. The molecule has 10 heteroatoms. The molecule has 3 heterocycles. The number of rotatable bonds is 8. The van der Waals surface area contributed by atoms with Crippen LogP contribution in [0, 0.1) is 11.3 Å². The summed E-state index contributed by atoms with van der Waals surface area (Å²) in [5.74, 6) is 1.62. The van der Waals surface area contributed by atoms with E-state index in [1.54, 1.807) is 17.4 Å². The van der Waals surface area contributed by atoms with Gasteiger partial charge in [-0.05, 0) is 47.8 Å². The van der Waals surface area contributed by atoms with Crippen LogP contribution < -0.4 is 15.4 Å². The molecular formula is C25H19ClN6O2S. The van der Waals surface area contributed by atoms with Gasteiger partial charge in [-0.25, -0.2) is 9.97 Å². The summed E-state index contributed by atoms with van der Waals surface area (Å²) in [4.78, 5) is 20.3. The standard InChI is InChI=1S/C25H19ClN6O2S/c26-18-14-16(4-5-21(18)34-20-2-1-3-22-17(20)8-13-35-22)31-25-24-19(29-15-30-25)7-11-32(24)12-10-28-23(33)6-9-27/h1-5,7-8,11,13-15H,6,10,12H2,(H,28,33)(H,29,30,31). The first-order chi connectivity index (χ1) is 17.1. The van der Waals surface area contributed by atoms with Crippen LogP contribution in [0.2, 0.25) is 5.02 Å². The van der Waals surface area contributed by atoms with Crippen LogP contribution in [-0.4, -0.2) is 27.0 Å². The normalized spacial score (nSPS) is 10.9. The zero-order chi connectivity index (χ0) is 24.2. The monoisotopic (exact) mass is 502 g/mol. The first-order valence-electron chi connectivity index (χ1n) is 10.8. The number of aromatic nitrogens is 3. The van der Waals surface area contributed by atoms with Gasteiger partial charge in [-0.1, -0.05) is 17.7 Å². The lowest BCUT2D eigenvalue weighted by Gasteiger charge is -2.13. The van der Waals surface area contributed by atoms with Crippen molar-refractivity contribution < 1.29 is 9.53 Å². The number of amides is 1. The molecule has 1 amide bonds. The summed E-state index contributed by atoms with van der Waals surface area (Å²) in [6, 6.07) is 17.2. The van der Waals surface area contributed by atoms with E-state index in [9.17, 15) is 4.79 Å². The maximum Gasteiger partial charge on any atom is 0.234 e. The smallest absolute Gasteiger partial charge is 0.234 e. The van der Waals surface area contributed by atoms with Crippen LogP contribution in [0.15, 0.2) is 66.4 Å². The maximum atomic E-state index is 11.6. The Morgan fingerprint density at radius 2 is 2.09 bits per heavy atom. The molecule has 0 fully saturated rings. The van der Waals surface area contributed by atoms with Gasteiger partial charge < -0.3 is 19.9 Å². The van der Waals surface area contributed by atoms with Crippen LogP contribution in [0.4, 0.5) is 11.5 Å². The molecule has 5 rings (SSSR count). The summed E-state index contributed by atoms with van der Waals surface area (Å²) in [5, 5.41) is 18.2. The third kappa shape index (κ3) is 4.89. The molecule has 3 aromatic heterocycles. The highest BCUT2D eigenvalue weighted by Crippen LogP contribution is 2.37. The van der Waals surface area contributed by atoms with E-state index in [2.05, 4.69) is 26.7 Å². The van der Waals surface area contributed by atoms with Crippen molar-refractivity contribution >= 4 is 61.5 Å². The second-order valence-electron chi connectivity index (χ2n) is 7.61. The van der Waals surface area contributed by atoms with Crippen LogP contribution in [-0.2, 0) is 11.3 Å². The van der Waals surface area contributed by atoms with Gasteiger partial charge in [0.2, 0.25) is 5.91 Å². The number of benzene rings is 2. The molecule has 0 saturated heterocycles. The number of nitriles is 1. The van der Waals surface area contributed by atoms with Gasteiger partial charge in [0.25, 0.3) is 0 Å². The molecular weight excluding hydrogens is 484 g/mol. The van der Waals surface area contributed by atoms with Crippen molar-refractivity contribution in [3.05, 3.63) is 71.5 Å². The van der Waals surface area contributed by atoms with Crippen LogP contribution in [0.3, 0.4) is 0 Å². The Bertz CT molecular complexity index is 1570. The van der Waals surface area contributed by atoms with Gasteiger partial charge in [-0.15, -0.1) is 11.3 Å². The summed E-state index contributed by atoms with van der Waals surface area (Å²) < 4.78 is 9.21. The molecule has 0 radical (unpaired) electrons. The lowest BCUT2D eigenvalue weighted by molar-refractivity contribution is -0.120. The minimum absolute atomic E-state index is 0.161. The lowest BCUT2D eigenvalue weighted by Crippen LogP contribution is -2.26. The van der Waals surface area contributed by atoms with Crippen molar-refractivity contribution in [3.8, 4) is 17.6 Å². The number of hydrogen-bond donors (Lipinski definition) is 2. The van der Waals surface area contributed by atoms with Crippen LogP contribution in [0.1, 0.15) is 6.42 Å². The average molecular weight is 503 g/mol. The number of hydrogen-bond acceptors (Lipinski definition) is 7. The first kappa shape index (κ1) is 22.7. The molecule has 0 aliphatic rings. The highest BCUT2D eigenvalue weighted by Gasteiger charge is 2.12. The summed E-state index contributed by atoms with van der Waals surface area (Å²) >= 11 is 8.22. The Morgan fingerprint density at radius 1 is 1.17 bits per heavy atom. The second kappa shape index (κ2) is 10.0. The quantitative estimate of drug-likeness (QED) is 0.275. The summed E-state index contributed by atoms with van der Waals surface area (Å²) in [7, 11) is 0. The average Bonchev–Trinajstić information content (AvgIpc) is 3.49. The van der Waals surface area contributed by atoms with E-state index in [0.29, 0.717) is 29.7 Å². The van der Waals surface area contributed by atoms with Crippen molar-refractivity contribution in [2.24, 2.45) is 0 Å². The van der Waals surface area contributed by atoms with E-state index in [-0.39, 0.29) is 12.3 Å². The SMILES string of the molecule is N#CCC(=O)NCCn1ccc2ncnc(Nc3ccc(Oc4cccc5sccc45)c(Cl)c3)c21. The van der Waals surface area contributed by atoms with Gasteiger partial charge in [0.05, 0.1) is 16.6 Å². The fourth-order valence-electron chi connectivity index (χ4n) is 3.73. The van der Waals surface area contributed by atoms with Gasteiger partial charge in [-0.3, -0.25) is 4.79 Å². The molecule has 35 heavy (non-hydrogen) atoms. The number of nitrogens with one attached hydrogen (secondary N) is 2. The molecule has 0 bridgehead atoms. The molecule has 2 N–H and O–H groups in total. The number of anilines is 2. The van der Waals surface area contributed by atoms with Gasteiger partial charge in [0, 0.05) is 35.1 Å². The predicted octanol–water partition coefficient (Wildman–Crippen LogP) is 5.87. The summed E-state index contributed by atoms with van der Waals surface area (Å²) in [5.41, 5.74) is 2.30. The third-order valence-electron chi connectivity index (χ3n) is 5.33. The van der Waals surface area contributed by atoms with E-state index in [1.807, 2.05) is 58.6 Å². The summed E-state index contributed by atoms with van der Waals surface area (Å²) in [6.07, 6.45) is 3.21. The third-order valence-corrected chi connectivity index (χ3v) is 6.51. The topological polar surface area (TPSA) is 105 Å². The van der Waals surface area contributed by atoms with E-state index >= 15 is 0 Å². The number of nitrogens with zero attached hydrogens (tertiary/aromatic N) is 4. The fraction of sp³-hybridized carbons (Fsp3) is 0.120. The van der Waals surface area contributed by atoms with Crippen LogP contribution >= 0.6 is 22.9 Å². The number of ether oxygens (including phenoxy) is 1. The lowest BCUT2D eigenvalue weighted by atomic mass is 10.2. The largest absolute Gasteiger partial charge is 0.455 e. The minimum Gasteiger partial charge on any atom is -0.455 e. The van der Waals surface area contributed by atoms with E-state index in [1.165, 1.54) is 6.33 Å². The van der Waals surface area contributed by atoms with Crippen molar-refractivity contribution in [3.63, 3.8) is 0 Å². The molecule has 0 spiro atoms. The van der Waals surface area contributed by atoms with Gasteiger partial charge in [0.1, 0.15) is 29.8 Å². The first-order valence-corrected chi connectivity index (χ1v) is 12.0. The highest BCUT2D eigenvalue weighted by molar-refractivity contribution is 7.17. The van der Waals surface area contributed by atoms with Crippen molar-refractivity contribution in [1.82, 2.24) is 19.9 Å². The van der Waals surface area contributed by atoms with Gasteiger partial charge in [-0.2, -0.15) is 5.26 Å². The highest BCUT2D eigenvalue weighted by atomic mass is 35.5. The number of halogens is 1. The molecule has 174 valence electrons. The summed E-state index contributed by atoms with van der Waals surface area (Å²) in [6.45, 7) is 0.887. The zero-order valence-electron chi connectivity index (χ0n) is 18.4.